The molecule has 0 amide bonds. The van der Waals surface area contributed by atoms with Gasteiger partial charge in [-0.2, -0.15) is 0 Å². The lowest BCUT2D eigenvalue weighted by Crippen LogP contribution is -2.57. The van der Waals surface area contributed by atoms with Gasteiger partial charge < -0.3 is 5.32 Å². The van der Waals surface area contributed by atoms with Gasteiger partial charge in [0.05, 0.1) is 0 Å². The van der Waals surface area contributed by atoms with Crippen LogP contribution in [-0.4, -0.2) is 13.1 Å². The zero-order valence-electron chi connectivity index (χ0n) is 6.11. The Kier molecular flexibility index (Phi) is 1.10. The lowest BCUT2D eigenvalue weighted by molar-refractivity contribution is 0.0455. The molecular formula is C8H15N. The number of rotatable bonds is 1. The minimum Gasteiger partial charge on any atom is -0.316 e. The highest BCUT2D eigenvalue weighted by Gasteiger charge is 2.41. The summed E-state index contributed by atoms with van der Waals surface area (Å²) in [4.78, 5) is 0. The van der Waals surface area contributed by atoms with Gasteiger partial charge in [0.2, 0.25) is 0 Å². The molecule has 1 saturated carbocycles. The second-order valence-electron chi connectivity index (χ2n) is 3.89. The van der Waals surface area contributed by atoms with Gasteiger partial charge in [-0.05, 0) is 24.2 Å². The highest BCUT2D eigenvalue weighted by Crippen LogP contribution is 2.43. The van der Waals surface area contributed by atoms with Crippen LogP contribution in [0.1, 0.15) is 26.2 Å². The summed E-state index contributed by atoms with van der Waals surface area (Å²) in [5.41, 5.74) is 0.707. The molecule has 0 aromatic rings. The van der Waals surface area contributed by atoms with Crippen molar-refractivity contribution < 1.29 is 0 Å². The first-order chi connectivity index (χ1) is 4.31. The quantitative estimate of drug-likeness (QED) is 0.558. The molecule has 1 saturated heterocycles. The van der Waals surface area contributed by atoms with Crippen LogP contribution in [0.15, 0.2) is 0 Å². The first-order valence-corrected chi connectivity index (χ1v) is 4.02. The van der Waals surface area contributed by atoms with E-state index in [2.05, 4.69) is 12.2 Å². The third-order valence-electron chi connectivity index (χ3n) is 3.15. The van der Waals surface area contributed by atoms with Crippen LogP contribution in [0.4, 0.5) is 0 Å². The summed E-state index contributed by atoms with van der Waals surface area (Å²) in [7, 11) is 0. The Balaban J connectivity index is 1.94. The lowest BCUT2D eigenvalue weighted by atomic mass is 9.63. The Bertz CT molecular complexity index is 112. The first-order valence-electron chi connectivity index (χ1n) is 4.02. The third-order valence-corrected chi connectivity index (χ3v) is 3.15. The SMILES string of the molecule is CC1(C2CCC2)CNC1. The Morgan fingerprint density at radius 2 is 2.00 bits per heavy atom. The van der Waals surface area contributed by atoms with E-state index in [0.29, 0.717) is 5.41 Å². The van der Waals surface area contributed by atoms with E-state index < -0.39 is 0 Å². The maximum Gasteiger partial charge on any atom is 0.00202 e. The summed E-state index contributed by atoms with van der Waals surface area (Å²) >= 11 is 0. The molecule has 2 aliphatic rings. The second kappa shape index (κ2) is 1.72. The largest absolute Gasteiger partial charge is 0.316 e. The van der Waals surface area contributed by atoms with Crippen LogP contribution in [0.2, 0.25) is 0 Å². The molecule has 1 heteroatoms. The molecule has 52 valence electrons. The van der Waals surface area contributed by atoms with E-state index in [4.69, 9.17) is 0 Å². The van der Waals surface area contributed by atoms with Gasteiger partial charge >= 0.3 is 0 Å². The first kappa shape index (κ1) is 5.72. The van der Waals surface area contributed by atoms with Crippen molar-refractivity contribution in [1.29, 1.82) is 0 Å². The van der Waals surface area contributed by atoms with Crippen LogP contribution in [0.25, 0.3) is 0 Å². The van der Waals surface area contributed by atoms with Gasteiger partial charge in [-0.15, -0.1) is 0 Å². The molecule has 0 aromatic carbocycles. The van der Waals surface area contributed by atoms with Crippen molar-refractivity contribution in [3.8, 4) is 0 Å². The van der Waals surface area contributed by atoms with Crippen molar-refractivity contribution in [3.63, 3.8) is 0 Å². The van der Waals surface area contributed by atoms with Crippen molar-refractivity contribution >= 4 is 0 Å². The van der Waals surface area contributed by atoms with Crippen LogP contribution >= 0.6 is 0 Å². The van der Waals surface area contributed by atoms with E-state index in [9.17, 15) is 0 Å². The van der Waals surface area contributed by atoms with Crippen molar-refractivity contribution in [2.75, 3.05) is 13.1 Å². The second-order valence-corrected chi connectivity index (χ2v) is 3.89. The zero-order valence-corrected chi connectivity index (χ0v) is 6.11. The molecule has 1 nitrogen and oxygen atoms in total. The van der Waals surface area contributed by atoms with Crippen molar-refractivity contribution in [2.24, 2.45) is 11.3 Å². The molecule has 9 heavy (non-hydrogen) atoms. The Morgan fingerprint density at radius 1 is 1.33 bits per heavy atom. The Labute approximate surface area is 56.8 Å². The summed E-state index contributed by atoms with van der Waals surface area (Å²) in [6.45, 7) is 4.97. The Hall–Kier alpha value is -0.0400. The predicted octanol–water partition coefficient (Wildman–Crippen LogP) is 1.40. The number of hydrogen-bond donors (Lipinski definition) is 1. The molecule has 0 unspecified atom stereocenters. The lowest BCUT2D eigenvalue weighted by Gasteiger charge is -2.49. The fourth-order valence-electron chi connectivity index (χ4n) is 1.91. The number of hydrogen-bond acceptors (Lipinski definition) is 1. The molecular weight excluding hydrogens is 110 g/mol. The maximum atomic E-state index is 3.35. The minimum absolute atomic E-state index is 0.707. The standard InChI is InChI=1S/C8H15N/c1-8(5-9-6-8)7-3-2-4-7/h7,9H,2-6H2,1H3. The smallest absolute Gasteiger partial charge is 0.00202 e. The molecule has 0 spiro atoms. The minimum atomic E-state index is 0.707. The average Bonchev–Trinajstić information content (AvgIpc) is 1.56. The van der Waals surface area contributed by atoms with Gasteiger partial charge in [0.25, 0.3) is 0 Å². The van der Waals surface area contributed by atoms with Crippen LogP contribution in [0.3, 0.4) is 0 Å². The van der Waals surface area contributed by atoms with E-state index in [1.807, 2.05) is 0 Å². The van der Waals surface area contributed by atoms with E-state index in [1.165, 1.54) is 32.4 Å². The summed E-state index contributed by atoms with van der Waals surface area (Å²) in [6, 6.07) is 0. The van der Waals surface area contributed by atoms with Gasteiger partial charge in [-0.25, -0.2) is 0 Å². The summed E-state index contributed by atoms with van der Waals surface area (Å²) in [5.74, 6) is 1.07. The highest BCUT2D eigenvalue weighted by molar-refractivity contribution is 4.96. The van der Waals surface area contributed by atoms with Crippen LogP contribution in [-0.2, 0) is 0 Å². The number of nitrogens with one attached hydrogen (secondary N) is 1. The average molecular weight is 125 g/mol. The van der Waals surface area contributed by atoms with Gasteiger partial charge in [-0.1, -0.05) is 13.3 Å². The molecule has 1 aliphatic carbocycles. The molecule has 2 fully saturated rings. The van der Waals surface area contributed by atoms with E-state index in [0.717, 1.165) is 5.92 Å². The Morgan fingerprint density at radius 3 is 2.11 bits per heavy atom. The van der Waals surface area contributed by atoms with Crippen LogP contribution in [0, 0.1) is 11.3 Å². The molecule has 1 aliphatic heterocycles. The van der Waals surface area contributed by atoms with Crippen molar-refractivity contribution in [1.82, 2.24) is 5.32 Å². The van der Waals surface area contributed by atoms with Crippen molar-refractivity contribution in [2.45, 2.75) is 26.2 Å². The molecule has 0 atom stereocenters. The molecule has 2 rings (SSSR count). The summed E-state index contributed by atoms with van der Waals surface area (Å²) < 4.78 is 0. The van der Waals surface area contributed by atoms with Gasteiger partial charge in [0, 0.05) is 13.1 Å². The molecule has 1 N–H and O–H groups in total. The van der Waals surface area contributed by atoms with Gasteiger partial charge in [-0.3, -0.25) is 0 Å². The van der Waals surface area contributed by atoms with E-state index in [1.54, 1.807) is 0 Å². The topological polar surface area (TPSA) is 12.0 Å². The summed E-state index contributed by atoms with van der Waals surface area (Å²) in [6.07, 6.45) is 4.48. The molecule has 0 aromatic heterocycles. The monoisotopic (exact) mass is 125 g/mol. The highest BCUT2D eigenvalue weighted by atomic mass is 15.0. The van der Waals surface area contributed by atoms with Crippen molar-refractivity contribution in [3.05, 3.63) is 0 Å². The third kappa shape index (κ3) is 0.710. The summed E-state index contributed by atoms with van der Waals surface area (Å²) in [5, 5.41) is 3.35. The van der Waals surface area contributed by atoms with Crippen LogP contribution < -0.4 is 5.32 Å². The van der Waals surface area contributed by atoms with Gasteiger partial charge in [0.1, 0.15) is 0 Å². The van der Waals surface area contributed by atoms with E-state index >= 15 is 0 Å². The molecule has 0 bridgehead atoms. The predicted molar refractivity (Wildman–Crippen MR) is 38.3 cm³/mol. The van der Waals surface area contributed by atoms with Crippen LogP contribution in [0.5, 0.6) is 0 Å². The van der Waals surface area contributed by atoms with E-state index in [-0.39, 0.29) is 0 Å². The molecule has 0 radical (unpaired) electrons. The fourth-order valence-corrected chi connectivity index (χ4v) is 1.91. The fraction of sp³-hybridized carbons (Fsp3) is 1.00. The van der Waals surface area contributed by atoms with Gasteiger partial charge in [0.15, 0.2) is 0 Å². The zero-order chi connectivity index (χ0) is 6.32. The molecule has 1 heterocycles. The maximum absolute atomic E-state index is 3.35. The normalized spacial score (nSPS) is 33.0.